The highest BCUT2D eigenvalue weighted by Crippen LogP contribution is 2.44. The van der Waals surface area contributed by atoms with Crippen LogP contribution in [-0.2, 0) is 17.1 Å². The van der Waals surface area contributed by atoms with E-state index in [4.69, 9.17) is 0 Å². The van der Waals surface area contributed by atoms with Gasteiger partial charge in [-0.1, -0.05) is 18.2 Å². The van der Waals surface area contributed by atoms with E-state index in [9.17, 15) is 21.6 Å². The Morgan fingerprint density at radius 3 is 2.71 bits per heavy atom. The third kappa shape index (κ3) is 4.41. The van der Waals surface area contributed by atoms with E-state index in [0.717, 1.165) is 24.6 Å². The van der Waals surface area contributed by atoms with Crippen molar-refractivity contribution in [3.63, 3.8) is 0 Å². The Labute approximate surface area is 219 Å². The number of allylic oxidation sites excluding steroid dienone is 4. The first kappa shape index (κ1) is 24.8. The third-order valence-electron chi connectivity index (χ3n) is 6.86. The molecule has 0 radical (unpaired) electrons. The van der Waals surface area contributed by atoms with E-state index in [1.807, 2.05) is 0 Å². The minimum absolute atomic E-state index is 0.0336. The van der Waals surface area contributed by atoms with Gasteiger partial charge >= 0.3 is 6.18 Å². The van der Waals surface area contributed by atoms with Crippen LogP contribution in [0.15, 0.2) is 60.0 Å². The van der Waals surface area contributed by atoms with Gasteiger partial charge in [-0.3, -0.25) is 9.40 Å². The van der Waals surface area contributed by atoms with Crippen LogP contribution in [-0.4, -0.2) is 51.4 Å². The van der Waals surface area contributed by atoms with Gasteiger partial charge in [0.05, 0.1) is 22.5 Å². The van der Waals surface area contributed by atoms with Gasteiger partial charge in [0.2, 0.25) is 5.13 Å². The predicted octanol–water partition coefficient (Wildman–Crippen LogP) is 4.22. The van der Waals surface area contributed by atoms with Crippen molar-refractivity contribution in [3.05, 3.63) is 66.4 Å². The summed E-state index contributed by atoms with van der Waals surface area (Å²) in [7, 11) is -2.14. The first-order valence-corrected chi connectivity index (χ1v) is 14.0. The second-order valence-corrected chi connectivity index (χ2v) is 11.7. The lowest BCUT2D eigenvalue weighted by Gasteiger charge is -2.27. The first-order chi connectivity index (χ1) is 18.1. The van der Waals surface area contributed by atoms with Gasteiger partial charge < -0.3 is 9.88 Å². The maximum atomic E-state index is 13.7. The summed E-state index contributed by atoms with van der Waals surface area (Å²) in [5.41, 5.74) is 2.96. The van der Waals surface area contributed by atoms with Crippen LogP contribution in [0.25, 0.3) is 22.0 Å². The lowest BCUT2D eigenvalue weighted by atomic mass is 9.84. The number of benzene rings is 1. The van der Waals surface area contributed by atoms with Gasteiger partial charge in [-0.25, -0.2) is 13.4 Å². The number of hydrogen-bond acceptors (Lipinski definition) is 7. The summed E-state index contributed by atoms with van der Waals surface area (Å²) in [6, 6.07) is 6.61. The molecule has 4 aromatic rings. The first-order valence-electron chi connectivity index (χ1n) is 11.7. The molecular weight excluding hydrogens is 539 g/mol. The summed E-state index contributed by atoms with van der Waals surface area (Å²) in [5.74, 6) is -1.62. The van der Waals surface area contributed by atoms with Gasteiger partial charge in [0.1, 0.15) is 6.33 Å². The molecule has 0 spiro atoms. The van der Waals surface area contributed by atoms with Crippen molar-refractivity contribution in [2.75, 3.05) is 17.8 Å². The summed E-state index contributed by atoms with van der Waals surface area (Å²) in [6.45, 7) is 1.53. The fourth-order valence-corrected chi connectivity index (χ4v) is 6.41. The minimum Gasteiger partial charge on any atom is -0.350 e. The van der Waals surface area contributed by atoms with Crippen molar-refractivity contribution >= 4 is 48.7 Å². The number of sulfonamides is 1. The van der Waals surface area contributed by atoms with E-state index < -0.39 is 22.1 Å². The van der Waals surface area contributed by atoms with Gasteiger partial charge in [0.15, 0.2) is 0 Å². The van der Waals surface area contributed by atoms with E-state index in [0.29, 0.717) is 33.3 Å². The maximum absolute atomic E-state index is 13.7. The second-order valence-electron chi connectivity index (χ2n) is 9.28. The quantitative estimate of drug-likeness (QED) is 0.365. The molecule has 2 N–H and O–H groups in total. The Balaban J connectivity index is 1.44. The van der Waals surface area contributed by atoms with Crippen molar-refractivity contribution in [1.29, 1.82) is 0 Å². The number of aromatic nitrogens is 5. The molecule has 1 unspecified atom stereocenters. The zero-order valence-electron chi connectivity index (χ0n) is 20.0. The average Bonchev–Trinajstić information content (AvgIpc) is 3.58. The van der Waals surface area contributed by atoms with Crippen LogP contribution in [0, 0.1) is 5.92 Å². The highest BCUT2D eigenvalue weighted by molar-refractivity contribution is 7.93. The number of aryl methyl sites for hydroxylation is 1. The zero-order valence-corrected chi connectivity index (χ0v) is 21.6. The normalized spacial score (nSPS) is 18.8. The molecule has 1 atom stereocenters. The Kier molecular flexibility index (Phi) is 5.92. The fourth-order valence-electron chi connectivity index (χ4n) is 4.73. The SMILES string of the molecule is Cn1cc(C2=C(c3ccn(C4CNC4)n3)CC(C(F)(F)F)C=C2)c2ccc(S(=O)(=O)Nc3ncns3)cc21. The molecule has 4 heterocycles. The molecular formula is C24H22F3N7O2S2. The molecule has 1 aliphatic carbocycles. The zero-order chi connectivity index (χ0) is 26.7. The number of nitrogens with zero attached hydrogens (tertiary/aromatic N) is 5. The molecule has 2 aliphatic rings. The number of anilines is 1. The van der Waals surface area contributed by atoms with Gasteiger partial charge in [-0.05, 0) is 35.8 Å². The lowest BCUT2D eigenvalue weighted by Crippen LogP contribution is -2.43. The molecule has 6 rings (SSSR count). The molecule has 1 fully saturated rings. The van der Waals surface area contributed by atoms with Gasteiger partial charge in [-0.2, -0.15) is 22.6 Å². The second kappa shape index (κ2) is 9.06. The van der Waals surface area contributed by atoms with Crippen LogP contribution in [0.2, 0.25) is 0 Å². The van der Waals surface area contributed by atoms with E-state index in [2.05, 4.69) is 24.5 Å². The van der Waals surface area contributed by atoms with Crippen molar-refractivity contribution in [1.82, 2.24) is 29.0 Å². The molecule has 38 heavy (non-hydrogen) atoms. The monoisotopic (exact) mass is 561 g/mol. The summed E-state index contributed by atoms with van der Waals surface area (Å²) in [6.07, 6.45) is 2.96. The van der Waals surface area contributed by atoms with Gasteiger partial charge in [-0.15, -0.1) is 0 Å². The summed E-state index contributed by atoms with van der Waals surface area (Å²) >= 11 is 0.921. The van der Waals surface area contributed by atoms with E-state index in [1.165, 1.54) is 30.6 Å². The summed E-state index contributed by atoms with van der Waals surface area (Å²) < 4.78 is 76.7. The number of rotatable bonds is 6. The molecule has 1 aliphatic heterocycles. The van der Waals surface area contributed by atoms with E-state index in [-0.39, 0.29) is 22.5 Å². The van der Waals surface area contributed by atoms with Crippen molar-refractivity contribution < 1.29 is 21.6 Å². The molecule has 1 saturated heterocycles. The number of hydrogen-bond donors (Lipinski definition) is 2. The minimum atomic E-state index is -4.38. The van der Waals surface area contributed by atoms with Gasteiger partial charge in [0, 0.05) is 60.5 Å². The largest absolute Gasteiger partial charge is 0.395 e. The predicted molar refractivity (Wildman–Crippen MR) is 138 cm³/mol. The van der Waals surface area contributed by atoms with Crippen LogP contribution in [0.1, 0.15) is 23.7 Å². The summed E-state index contributed by atoms with van der Waals surface area (Å²) in [5, 5.41) is 8.67. The molecule has 0 saturated carbocycles. The Hall–Kier alpha value is -3.49. The van der Waals surface area contributed by atoms with Crippen LogP contribution in [0.4, 0.5) is 18.3 Å². The number of alkyl halides is 3. The standard InChI is InChI=1S/C24H22F3N7O2S2/c1-33-12-20(18-5-3-16(9-22(18)33)38(35,36)32-23-29-13-30-37-23)17-4-2-14(24(25,26)27)8-19(17)21-6-7-34(31-21)15-10-28-11-15/h2-7,9,12-15,28H,8,10-11H2,1H3,(H,29,30,32). The Morgan fingerprint density at radius 2 is 2.03 bits per heavy atom. The molecule has 0 bridgehead atoms. The number of halogens is 3. The van der Waals surface area contributed by atoms with Crippen LogP contribution < -0.4 is 10.0 Å². The van der Waals surface area contributed by atoms with Crippen LogP contribution >= 0.6 is 11.5 Å². The molecule has 1 aromatic carbocycles. The molecule has 9 nitrogen and oxygen atoms in total. The number of fused-ring (bicyclic) bond motifs is 1. The average molecular weight is 562 g/mol. The highest BCUT2D eigenvalue weighted by atomic mass is 32.2. The molecule has 14 heteroatoms. The lowest BCUT2D eigenvalue weighted by molar-refractivity contribution is -0.159. The van der Waals surface area contributed by atoms with Crippen molar-refractivity contribution in [2.45, 2.75) is 23.5 Å². The van der Waals surface area contributed by atoms with E-state index in [1.54, 1.807) is 40.8 Å². The number of nitrogens with one attached hydrogen (secondary N) is 2. The fraction of sp³-hybridized carbons (Fsp3) is 0.292. The van der Waals surface area contributed by atoms with Crippen LogP contribution in [0.5, 0.6) is 0 Å². The third-order valence-corrected chi connectivity index (χ3v) is 8.91. The summed E-state index contributed by atoms with van der Waals surface area (Å²) in [4.78, 5) is 3.89. The van der Waals surface area contributed by atoms with Gasteiger partial charge in [0.25, 0.3) is 10.0 Å². The molecule has 0 amide bonds. The van der Waals surface area contributed by atoms with Crippen LogP contribution in [0.3, 0.4) is 0 Å². The smallest absolute Gasteiger partial charge is 0.350 e. The molecule has 3 aromatic heterocycles. The van der Waals surface area contributed by atoms with Crippen molar-refractivity contribution in [2.24, 2.45) is 13.0 Å². The van der Waals surface area contributed by atoms with E-state index >= 15 is 0 Å². The molecule has 198 valence electrons. The Morgan fingerprint density at radius 1 is 1.21 bits per heavy atom. The van der Waals surface area contributed by atoms with Crippen molar-refractivity contribution in [3.8, 4) is 0 Å². The maximum Gasteiger partial charge on any atom is 0.395 e. The topological polar surface area (TPSA) is 107 Å². The Bertz CT molecular complexity index is 1680. The highest BCUT2D eigenvalue weighted by Gasteiger charge is 2.40.